The van der Waals surface area contributed by atoms with Crippen LogP contribution in [0.2, 0.25) is 0 Å². The van der Waals surface area contributed by atoms with Crippen LogP contribution in [0.3, 0.4) is 0 Å². The van der Waals surface area contributed by atoms with Crippen molar-refractivity contribution in [2.45, 2.75) is 196 Å². The smallest absolute Gasteiger partial charge is 0.303 e. The van der Waals surface area contributed by atoms with Crippen LogP contribution in [-0.2, 0) is 94.3 Å². The summed E-state index contributed by atoms with van der Waals surface area (Å²) in [6, 6.07) is -24.0. The minimum atomic E-state index is -1.92. The molecule has 2 aromatic rings. The first-order valence-electron chi connectivity index (χ1n) is 37.1. The van der Waals surface area contributed by atoms with E-state index in [-0.39, 0.29) is 89.3 Å². The van der Waals surface area contributed by atoms with E-state index >= 15 is 4.79 Å². The standard InChI is InChI=1S/C67H104N24O20S4/c1-31(2)17-38-56(101)86-43(52(69)97)25-112-114-28-46-61(106)84-41(23-92)57(102)83-40(19-35-22-73-30-76-35)66(111)90-15-7-10-47(90)62(107)77-33(5)53(98)87-45(27-115-113-26-44(59(104)88-46)78-49(94)20-68)60(105)85-42(24-93)58(103)89-51(32(3)4)64(109)80-36(9-6-14-74-67(70)71)54(99)82-39(18-34-21-72-29-75-34)65(110)91-16-8-11-48(91)63(108)79-37(55(100)81-38)12-13-50(95)96/h21-22,29-33,36-48,51,92-93H,6-20,23-28,68H2,1-5H3,(H2,69,97)(H,72,75)(H,73,76)(H,77,107)(H,78,94)(H,79,108)(H,80,109)(H,81,100)(H,82,99)(H,83,102)(H,84,106)(H,85,105)(H,86,101)(H,87,98)(H,88,104)(H,89,103)(H,95,96)(H4,70,71,74)/t33-,36-,37-,38-,39-,40-,41-,42-,43-,44-,45-,46-,47-,48-,51-/m0/s1. The molecule has 115 heavy (non-hydrogen) atoms. The number of imidazole rings is 2. The number of carbonyl (C=O) groups excluding carboxylic acids is 16. The van der Waals surface area contributed by atoms with E-state index in [9.17, 15) is 92.0 Å². The molecular weight excluding hydrogens is 1590 g/mol. The Balaban J connectivity index is 1.46. The number of aromatic nitrogens is 4. The van der Waals surface area contributed by atoms with Gasteiger partial charge in [0.1, 0.15) is 90.6 Å². The second kappa shape index (κ2) is 46.5. The van der Waals surface area contributed by atoms with Gasteiger partial charge in [0.25, 0.3) is 0 Å². The summed E-state index contributed by atoms with van der Waals surface area (Å²) >= 11 is 0. The van der Waals surface area contributed by atoms with E-state index in [0.717, 1.165) is 53.0 Å². The van der Waals surface area contributed by atoms with Gasteiger partial charge in [-0.25, -0.2) is 9.97 Å². The molecule has 2 aromatic heterocycles. The first-order valence-corrected chi connectivity index (χ1v) is 42.1. The van der Waals surface area contributed by atoms with Gasteiger partial charge in [-0.15, -0.1) is 0 Å². The molecule has 0 saturated carbocycles. The molecule has 44 nitrogen and oxygen atoms in total. The number of hydrogen-bond donors (Lipinski definition) is 22. The van der Waals surface area contributed by atoms with Gasteiger partial charge in [-0.1, -0.05) is 70.9 Å². The third kappa shape index (κ3) is 29.3. The minimum Gasteiger partial charge on any atom is -0.481 e. The zero-order chi connectivity index (χ0) is 84.8. The molecule has 0 aromatic carbocycles. The minimum absolute atomic E-state index is 0.0111. The number of aliphatic imine (C=N–C) groups is 1. The van der Waals surface area contributed by atoms with Crippen LogP contribution in [0.5, 0.6) is 0 Å². The lowest BCUT2D eigenvalue weighted by Gasteiger charge is -2.31. The molecule has 2 bridgehead atoms. The molecule has 0 radical (unpaired) electrons. The summed E-state index contributed by atoms with van der Waals surface area (Å²) in [5, 5.41) is 64.2. The number of carboxylic acid groups (broad SMARTS) is 1. The fourth-order valence-corrected chi connectivity index (χ4v) is 17.1. The van der Waals surface area contributed by atoms with Gasteiger partial charge in [0.2, 0.25) is 94.5 Å². The van der Waals surface area contributed by atoms with Gasteiger partial charge in [-0.2, -0.15) is 0 Å². The van der Waals surface area contributed by atoms with Crippen LogP contribution in [0.1, 0.15) is 104 Å². The summed E-state index contributed by atoms with van der Waals surface area (Å²) < 4.78 is 0. The number of guanidine groups is 1. The topological polar surface area (TPSA) is 688 Å². The Morgan fingerprint density at radius 1 is 0.539 bits per heavy atom. The van der Waals surface area contributed by atoms with Gasteiger partial charge in [0.15, 0.2) is 5.96 Å². The van der Waals surface area contributed by atoms with Crippen LogP contribution in [0.4, 0.5) is 0 Å². The number of aromatic amines is 2. The first kappa shape index (κ1) is 93.8. The Bertz CT molecular complexity index is 3790. The van der Waals surface area contributed by atoms with Crippen molar-refractivity contribution in [2.75, 3.05) is 62.4 Å². The Kier molecular flexibility index (Phi) is 37.9. The molecule has 4 aliphatic heterocycles. The number of aliphatic hydroxyl groups excluding tert-OH is 2. The normalized spacial score (nSPS) is 27.5. The van der Waals surface area contributed by atoms with Gasteiger partial charge in [-0.05, 0) is 70.1 Å². The third-order valence-electron chi connectivity index (χ3n) is 18.6. The number of aliphatic carboxylic acids is 1. The number of H-pyrrole nitrogens is 2. The second-order valence-electron chi connectivity index (χ2n) is 28.3. The van der Waals surface area contributed by atoms with E-state index in [1.54, 1.807) is 13.8 Å². The summed E-state index contributed by atoms with van der Waals surface area (Å²) in [7, 11) is 3.23. The number of nitrogens with one attached hydrogen (secondary N) is 15. The van der Waals surface area contributed by atoms with E-state index in [4.69, 9.17) is 22.9 Å². The molecular formula is C67H104N24O20S4. The quantitative estimate of drug-likeness (QED) is 0.0269. The number of primary amides is 1. The largest absolute Gasteiger partial charge is 0.481 e. The van der Waals surface area contributed by atoms with Crippen molar-refractivity contribution in [1.82, 2.24) is 98.9 Å². The second-order valence-corrected chi connectivity index (χ2v) is 33.4. The van der Waals surface area contributed by atoms with Gasteiger partial charge >= 0.3 is 5.97 Å². The third-order valence-corrected chi connectivity index (χ3v) is 23.4. The fraction of sp³-hybridized carbons (Fsp3) is 0.642. The van der Waals surface area contributed by atoms with Crippen molar-refractivity contribution in [2.24, 2.45) is 39.8 Å². The molecule has 0 aliphatic carbocycles. The number of carbonyl (C=O) groups is 17. The van der Waals surface area contributed by atoms with E-state index < -0.39 is 253 Å². The van der Waals surface area contributed by atoms with Crippen molar-refractivity contribution < 1.29 is 96.8 Å². The fourth-order valence-electron chi connectivity index (χ4n) is 12.4. The van der Waals surface area contributed by atoms with Crippen molar-refractivity contribution in [3.63, 3.8) is 0 Å². The highest BCUT2D eigenvalue weighted by molar-refractivity contribution is 8.77. The maximum Gasteiger partial charge on any atom is 0.303 e. The number of carboxylic acids is 1. The lowest BCUT2D eigenvalue weighted by molar-refractivity contribution is -0.143. The molecule has 0 spiro atoms. The molecule has 15 atom stereocenters. The number of fused-ring (bicyclic) bond motifs is 10. The number of hydrogen-bond acceptors (Lipinski definition) is 27. The molecule has 4 saturated heterocycles. The van der Waals surface area contributed by atoms with Crippen molar-refractivity contribution in [1.29, 1.82) is 0 Å². The molecule has 6 heterocycles. The van der Waals surface area contributed by atoms with Crippen LogP contribution in [0.15, 0.2) is 30.0 Å². The Morgan fingerprint density at radius 3 is 1.47 bits per heavy atom. The molecule has 0 unspecified atom stereocenters. The summed E-state index contributed by atoms with van der Waals surface area (Å²) in [6.45, 7) is 4.49. The van der Waals surface area contributed by atoms with Gasteiger partial charge < -0.3 is 127 Å². The summed E-state index contributed by atoms with van der Waals surface area (Å²) in [5.41, 5.74) is 23.4. The molecule has 16 amide bonds. The monoisotopic (exact) mass is 1690 g/mol. The van der Waals surface area contributed by atoms with Crippen LogP contribution >= 0.6 is 43.2 Å². The van der Waals surface area contributed by atoms with Crippen LogP contribution in [-0.4, -0.2) is 305 Å². The first-order chi connectivity index (χ1) is 54.6. The predicted molar refractivity (Wildman–Crippen MR) is 418 cm³/mol. The average molecular weight is 1690 g/mol. The molecule has 6 rings (SSSR count). The maximum absolute atomic E-state index is 15.0. The SMILES string of the molecule is CC(C)C[C@@H]1NC(=O)[C@H](CCC(=O)O)NC(=O)[C@@H]2CCCN2C(=O)[C@H](Cc2cnc[nH]2)NC(=O)[C@H](CCCN=C(N)N)NC(=O)[C@H](C(C)C)NC(=O)[C@H](CO)NC(=O)[C@@H]2CSSC[C@H](NC(=O)CN)C(=O)N[C@@H](CSSC[C@@H](C(N)=O)NC1=O)C(=O)N[C@@H](CO)C(=O)N[C@@H](Cc1cnc[nH]1)C(=O)N1CCC[C@H]1C(=O)N[C@@H](C)C(=O)N2. The average Bonchev–Trinajstić information content (AvgIpc) is 1.72. The van der Waals surface area contributed by atoms with Crippen LogP contribution < -0.4 is 92.1 Å². The van der Waals surface area contributed by atoms with E-state index in [2.05, 4.69) is 94.0 Å². The van der Waals surface area contributed by atoms with E-state index in [1.165, 1.54) is 45.8 Å². The molecule has 4 aliphatic rings. The highest BCUT2D eigenvalue weighted by Gasteiger charge is 2.44. The van der Waals surface area contributed by atoms with Crippen molar-refractivity contribution in [3.8, 4) is 0 Å². The maximum atomic E-state index is 15.0. The zero-order valence-corrected chi connectivity index (χ0v) is 67.2. The number of nitrogens with zero attached hydrogens (tertiary/aromatic N) is 5. The zero-order valence-electron chi connectivity index (χ0n) is 63.9. The van der Waals surface area contributed by atoms with Crippen LogP contribution in [0, 0.1) is 11.8 Å². The predicted octanol–water partition coefficient (Wildman–Crippen LogP) is -8.94. The number of aliphatic hydroxyl groups is 2. The Morgan fingerprint density at radius 2 is 0.991 bits per heavy atom. The summed E-state index contributed by atoms with van der Waals surface area (Å²) in [4.78, 5) is 262. The van der Waals surface area contributed by atoms with Gasteiger partial charge in [0, 0.05) is 85.7 Å². The van der Waals surface area contributed by atoms with Crippen molar-refractivity contribution >= 4 is 150 Å². The molecule has 48 heteroatoms. The molecule has 636 valence electrons. The van der Waals surface area contributed by atoms with Gasteiger partial charge in [-0.3, -0.25) is 86.5 Å². The molecule has 4 fully saturated rings. The highest BCUT2D eigenvalue weighted by atomic mass is 33.1. The lowest BCUT2D eigenvalue weighted by atomic mass is 10.0. The lowest BCUT2D eigenvalue weighted by Crippen LogP contribution is -2.62. The summed E-state index contributed by atoms with van der Waals surface area (Å²) in [5.74, 6) is -20.9. The number of rotatable bonds is 19. The van der Waals surface area contributed by atoms with E-state index in [0.29, 0.717) is 11.4 Å². The molecule has 26 N–H and O–H groups in total. The number of nitrogens with two attached hydrogens (primary N) is 4. The van der Waals surface area contributed by atoms with Gasteiger partial charge in [0.05, 0.1) is 32.4 Å². The highest BCUT2D eigenvalue weighted by Crippen LogP contribution is 2.27. The van der Waals surface area contributed by atoms with Crippen LogP contribution in [0.25, 0.3) is 0 Å². The van der Waals surface area contributed by atoms with E-state index in [1.807, 2.05) is 0 Å². The van der Waals surface area contributed by atoms with Crippen molar-refractivity contribution in [3.05, 3.63) is 36.4 Å². The summed E-state index contributed by atoms with van der Waals surface area (Å²) in [6.07, 6.45) is 3.58. The Labute approximate surface area is 676 Å². The number of amides is 16. The Hall–Kier alpha value is -10.0.